The predicted octanol–water partition coefficient (Wildman–Crippen LogP) is 2.91. The predicted molar refractivity (Wildman–Crippen MR) is 132 cm³/mol. The zero-order chi connectivity index (χ0) is 28.3. The molecule has 0 unspecified atom stereocenters. The number of esters is 3. The number of Topliss-reactive ketones (excluding diaryl/α,β-unsaturated/α-hetero) is 1. The molecular weight excluding hydrogens is 508 g/mol. The molecule has 10 atom stereocenters. The average Bonchev–Trinajstić information content (AvgIpc) is 3.36. The lowest BCUT2D eigenvalue weighted by molar-refractivity contribution is -0.250. The molecule has 10 nitrogen and oxygen atoms in total. The van der Waals surface area contributed by atoms with Gasteiger partial charge in [0.25, 0.3) is 0 Å². The number of epoxide rings is 1. The van der Waals surface area contributed by atoms with Crippen LogP contribution in [0, 0.1) is 34.0 Å². The maximum Gasteiger partial charge on any atom is 0.306 e. The average molecular weight is 545 g/mol. The molecule has 1 spiro atoms. The largest absolute Gasteiger partial charge is 0.472 e. The van der Waals surface area contributed by atoms with Crippen LogP contribution in [-0.2, 0) is 38.1 Å². The molecule has 3 saturated carbocycles. The number of ketones is 1. The quantitative estimate of drug-likeness (QED) is 0.342. The highest BCUT2D eigenvalue weighted by molar-refractivity contribution is 5.98. The highest BCUT2D eigenvalue weighted by Crippen LogP contribution is 2.78. The third-order valence-corrected chi connectivity index (χ3v) is 11.2. The summed E-state index contributed by atoms with van der Waals surface area (Å²) in [7, 11) is 1.29. The molecule has 5 aliphatic rings. The van der Waals surface area contributed by atoms with Crippen LogP contribution < -0.4 is 0 Å². The van der Waals surface area contributed by atoms with Gasteiger partial charge in [0.15, 0.2) is 11.4 Å². The summed E-state index contributed by atoms with van der Waals surface area (Å²) in [6, 6.07) is 1.78. The Hall–Kier alpha value is -2.72. The molecule has 0 radical (unpaired) electrons. The highest BCUT2D eigenvalue weighted by atomic mass is 16.6. The number of methoxy groups -OCH3 is 1. The lowest BCUT2D eigenvalue weighted by Gasteiger charge is -2.66. The van der Waals surface area contributed by atoms with Gasteiger partial charge >= 0.3 is 17.9 Å². The minimum Gasteiger partial charge on any atom is -0.472 e. The Morgan fingerprint density at radius 3 is 2.49 bits per heavy atom. The minimum absolute atomic E-state index is 0.0570. The Morgan fingerprint density at radius 2 is 1.87 bits per heavy atom. The number of carbonyl (C=O) groups is 4. The van der Waals surface area contributed by atoms with Crippen LogP contribution in [0.1, 0.15) is 72.0 Å². The van der Waals surface area contributed by atoms with Crippen LogP contribution >= 0.6 is 0 Å². The van der Waals surface area contributed by atoms with E-state index in [1.54, 1.807) is 19.3 Å². The zero-order valence-electron chi connectivity index (χ0n) is 23.1. The molecule has 1 aromatic heterocycles. The van der Waals surface area contributed by atoms with Crippen LogP contribution in [0.4, 0.5) is 0 Å². The van der Waals surface area contributed by atoms with Crippen LogP contribution in [0.25, 0.3) is 0 Å². The zero-order valence-corrected chi connectivity index (χ0v) is 23.1. The molecule has 1 aromatic rings. The van der Waals surface area contributed by atoms with Gasteiger partial charge in [0, 0.05) is 47.0 Å². The van der Waals surface area contributed by atoms with E-state index in [-0.39, 0.29) is 18.8 Å². The molecule has 39 heavy (non-hydrogen) atoms. The summed E-state index contributed by atoms with van der Waals surface area (Å²) in [5.41, 5.74) is -5.24. The van der Waals surface area contributed by atoms with E-state index in [0.717, 1.165) is 5.56 Å². The van der Waals surface area contributed by atoms with E-state index >= 15 is 0 Å². The molecule has 6 rings (SSSR count). The molecule has 10 heteroatoms. The van der Waals surface area contributed by atoms with Crippen molar-refractivity contribution in [1.29, 1.82) is 0 Å². The van der Waals surface area contributed by atoms with Gasteiger partial charge in [-0.3, -0.25) is 19.2 Å². The topological polar surface area (TPSA) is 142 Å². The summed E-state index contributed by atoms with van der Waals surface area (Å²) in [6.07, 6.45) is 1.42. The van der Waals surface area contributed by atoms with Crippen molar-refractivity contribution in [1.82, 2.24) is 0 Å². The molecule has 3 aliphatic carbocycles. The van der Waals surface area contributed by atoms with Crippen LogP contribution in [0.5, 0.6) is 0 Å². The highest BCUT2D eigenvalue weighted by Gasteiger charge is 2.90. The first-order valence-corrected chi connectivity index (χ1v) is 13.6. The van der Waals surface area contributed by atoms with Crippen molar-refractivity contribution in [2.75, 3.05) is 7.11 Å². The first-order valence-electron chi connectivity index (χ1n) is 13.6. The Bertz CT molecular complexity index is 1250. The third-order valence-electron chi connectivity index (χ3n) is 11.2. The summed E-state index contributed by atoms with van der Waals surface area (Å²) in [4.78, 5) is 52.6. The van der Waals surface area contributed by atoms with Gasteiger partial charge in [0.05, 0.1) is 26.1 Å². The van der Waals surface area contributed by atoms with E-state index in [9.17, 15) is 24.3 Å². The van der Waals surface area contributed by atoms with Crippen molar-refractivity contribution >= 4 is 23.7 Å². The van der Waals surface area contributed by atoms with Gasteiger partial charge in [-0.1, -0.05) is 27.7 Å². The molecule has 0 aromatic carbocycles. The van der Waals surface area contributed by atoms with Gasteiger partial charge in [0.1, 0.15) is 23.9 Å². The molecule has 2 saturated heterocycles. The number of hydrogen-bond acceptors (Lipinski definition) is 10. The van der Waals surface area contributed by atoms with Gasteiger partial charge < -0.3 is 28.5 Å². The standard InChI is InChI=1S/C29H36O10/c1-14(30)37-23-25(2,3)17(11-19(31)35-6)27(5)16-7-9-26(4)18(29(16)24(39-29)28(23,34)22(27)33)12-20(32)38-21(26)15-8-10-36-13-15/h8,10,13,16-18,21,23-24,34H,7,9,11-12H2,1-6H3/t16-,17+,18-,21+,23+,24-,26-,27-,28+,29-/m1/s1. The van der Waals surface area contributed by atoms with Crippen LogP contribution in [0.3, 0.4) is 0 Å². The van der Waals surface area contributed by atoms with E-state index in [1.165, 1.54) is 20.3 Å². The van der Waals surface area contributed by atoms with Crippen molar-refractivity contribution in [2.24, 2.45) is 34.0 Å². The minimum atomic E-state index is -2.15. The molecular formula is C29H36O10. The van der Waals surface area contributed by atoms with Gasteiger partial charge in [-0.15, -0.1) is 0 Å². The van der Waals surface area contributed by atoms with E-state index in [4.69, 9.17) is 23.4 Å². The summed E-state index contributed by atoms with van der Waals surface area (Å²) >= 11 is 0. The van der Waals surface area contributed by atoms with Crippen molar-refractivity contribution < 1.29 is 47.6 Å². The normalized spacial score (nSPS) is 47.2. The smallest absolute Gasteiger partial charge is 0.306 e. The number of furan rings is 1. The fraction of sp³-hybridized carbons (Fsp3) is 0.724. The first kappa shape index (κ1) is 26.5. The molecule has 3 heterocycles. The molecule has 2 aliphatic heterocycles. The number of rotatable bonds is 4. The third kappa shape index (κ3) is 3.05. The Morgan fingerprint density at radius 1 is 1.15 bits per heavy atom. The number of ether oxygens (including phenoxy) is 4. The van der Waals surface area contributed by atoms with E-state index in [1.807, 2.05) is 13.8 Å². The fourth-order valence-corrected chi connectivity index (χ4v) is 9.60. The van der Waals surface area contributed by atoms with Crippen LogP contribution in [0.2, 0.25) is 0 Å². The van der Waals surface area contributed by atoms with E-state index < -0.39 is 81.3 Å². The number of cyclic esters (lactones) is 1. The second-order valence-electron chi connectivity index (χ2n) is 13.2. The SMILES string of the molecule is COC(=O)C[C@H]1C(C)(C)[C@H](OC(C)=O)[C@@]2(O)C(=O)[C@]1(C)[C@H]1CC[C@]3(C)[C@@H](CC(=O)O[C@H]3c3ccoc3)[C@]13O[C@H]23. The molecule has 0 amide bonds. The first-order chi connectivity index (χ1) is 18.2. The van der Waals surface area contributed by atoms with Crippen molar-refractivity contribution in [3.63, 3.8) is 0 Å². The number of aliphatic hydroxyl groups is 1. The summed E-state index contributed by atoms with van der Waals surface area (Å²) in [5, 5.41) is 12.4. The van der Waals surface area contributed by atoms with Gasteiger partial charge in [0.2, 0.25) is 0 Å². The van der Waals surface area contributed by atoms with Crippen LogP contribution in [0.15, 0.2) is 23.0 Å². The molecule has 1 N–H and O–H groups in total. The lowest BCUT2D eigenvalue weighted by Crippen LogP contribution is -2.80. The second kappa shape index (κ2) is 7.94. The second-order valence-corrected chi connectivity index (χ2v) is 13.2. The van der Waals surface area contributed by atoms with E-state index in [0.29, 0.717) is 12.8 Å². The van der Waals surface area contributed by atoms with Crippen molar-refractivity contribution in [3.05, 3.63) is 24.2 Å². The fourth-order valence-electron chi connectivity index (χ4n) is 9.60. The van der Waals surface area contributed by atoms with Gasteiger partial charge in [-0.25, -0.2) is 0 Å². The maximum absolute atomic E-state index is 14.5. The summed E-state index contributed by atoms with van der Waals surface area (Å²) < 4.78 is 28.5. The number of hydrogen-bond donors (Lipinski definition) is 1. The summed E-state index contributed by atoms with van der Waals surface area (Å²) in [5.74, 6) is -3.44. The number of fused-ring (bicyclic) bond motifs is 5. The molecule has 5 fully saturated rings. The van der Waals surface area contributed by atoms with Gasteiger partial charge in [-0.2, -0.15) is 0 Å². The van der Waals surface area contributed by atoms with Crippen molar-refractivity contribution in [3.8, 4) is 0 Å². The monoisotopic (exact) mass is 544 g/mol. The van der Waals surface area contributed by atoms with E-state index in [2.05, 4.69) is 6.92 Å². The Balaban J connectivity index is 1.54. The number of carbonyl (C=O) groups excluding carboxylic acids is 4. The Kier molecular flexibility index (Phi) is 5.39. The van der Waals surface area contributed by atoms with Crippen LogP contribution in [-0.4, -0.2) is 59.3 Å². The lowest BCUT2D eigenvalue weighted by atomic mass is 9.36. The molecule has 212 valence electrons. The Labute approximate surface area is 226 Å². The summed E-state index contributed by atoms with van der Waals surface area (Å²) in [6.45, 7) is 8.73. The van der Waals surface area contributed by atoms with Crippen molar-refractivity contribution in [2.45, 2.75) is 89.8 Å². The molecule has 2 bridgehead atoms. The van der Waals surface area contributed by atoms with Gasteiger partial charge in [-0.05, 0) is 24.8 Å². The maximum atomic E-state index is 14.5.